The summed E-state index contributed by atoms with van der Waals surface area (Å²) in [7, 11) is -4.26. The van der Waals surface area contributed by atoms with E-state index in [0.29, 0.717) is 11.6 Å². The Morgan fingerprint density at radius 3 is 2.36 bits per heavy atom. The van der Waals surface area contributed by atoms with Crippen LogP contribution in [-0.2, 0) is 10.0 Å². The predicted molar refractivity (Wildman–Crippen MR) is 84.9 cm³/mol. The van der Waals surface area contributed by atoms with Gasteiger partial charge in [0.1, 0.15) is 5.75 Å². The highest BCUT2D eigenvalue weighted by Crippen LogP contribution is 2.30. The summed E-state index contributed by atoms with van der Waals surface area (Å²) in [6, 6.07) is 10.4. The van der Waals surface area contributed by atoms with E-state index in [-0.39, 0.29) is 0 Å². The Morgan fingerprint density at radius 1 is 1.16 bits per heavy atom. The number of ether oxygens (including phenoxy) is 1. The molecule has 0 saturated heterocycles. The van der Waals surface area contributed by atoms with Gasteiger partial charge < -0.3 is 4.74 Å². The molecule has 2 aromatic rings. The van der Waals surface area contributed by atoms with E-state index in [1.54, 1.807) is 37.3 Å². The number of rotatable bonds is 7. The molecule has 0 spiro atoms. The molecule has 0 aliphatic rings. The molecule has 10 heteroatoms. The SMILES string of the molecule is C[C@H](NS(=O)(=O)c1ccc(OC(F)F)cc1[N+](=O)[O-])c1ccccc1. The summed E-state index contributed by atoms with van der Waals surface area (Å²) in [5.41, 5.74) is -0.197. The molecule has 25 heavy (non-hydrogen) atoms. The lowest BCUT2D eigenvalue weighted by molar-refractivity contribution is -0.388. The monoisotopic (exact) mass is 372 g/mol. The van der Waals surface area contributed by atoms with Gasteiger partial charge in [-0.25, -0.2) is 13.1 Å². The zero-order chi connectivity index (χ0) is 18.6. The van der Waals surface area contributed by atoms with Crippen LogP contribution < -0.4 is 9.46 Å². The number of alkyl halides is 2. The fraction of sp³-hybridized carbons (Fsp3) is 0.200. The standard InChI is InChI=1S/C15H14F2N2O5S/c1-10(11-5-3-2-4-6-11)18-25(22,23)14-8-7-12(24-15(16)17)9-13(14)19(20)21/h2-10,15,18H,1H3/t10-/m0/s1. The third-order valence-electron chi connectivity index (χ3n) is 3.27. The Kier molecular flexibility index (Phi) is 5.65. The van der Waals surface area contributed by atoms with Crippen LogP contribution in [0, 0.1) is 10.1 Å². The van der Waals surface area contributed by atoms with E-state index in [9.17, 15) is 27.3 Å². The highest BCUT2D eigenvalue weighted by molar-refractivity contribution is 7.89. The number of nitro groups is 1. The lowest BCUT2D eigenvalue weighted by atomic mass is 10.1. The van der Waals surface area contributed by atoms with Crippen molar-refractivity contribution in [3.8, 4) is 5.75 Å². The topological polar surface area (TPSA) is 98.5 Å². The minimum Gasteiger partial charge on any atom is -0.435 e. The van der Waals surface area contributed by atoms with Crippen molar-refractivity contribution in [2.24, 2.45) is 0 Å². The average Bonchev–Trinajstić information content (AvgIpc) is 2.54. The van der Waals surface area contributed by atoms with E-state index in [0.717, 1.165) is 12.1 Å². The molecule has 0 radical (unpaired) electrons. The smallest absolute Gasteiger partial charge is 0.387 e. The molecule has 0 amide bonds. The molecule has 0 aliphatic carbocycles. The lowest BCUT2D eigenvalue weighted by Crippen LogP contribution is -2.27. The van der Waals surface area contributed by atoms with Crippen molar-refractivity contribution in [3.63, 3.8) is 0 Å². The molecule has 0 aliphatic heterocycles. The number of benzene rings is 2. The first-order valence-corrected chi connectivity index (χ1v) is 8.49. The van der Waals surface area contributed by atoms with Gasteiger partial charge in [0.15, 0.2) is 4.90 Å². The van der Waals surface area contributed by atoms with Crippen LogP contribution in [0.15, 0.2) is 53.4 Å². The number of hydrogen-bond acceptors (Lipinski definition) is 5. The second kappa shape index (κ2) is 7.53. The second-order valence-electron chi connectivity index (χ2n) is 5.02. The predicted octanol–water partition coefficient (Wildman–Crippen LogP) is 3.24. The van der Waals surface area contributed by atoms with Gasteiger partial charge in [-0.05, 0) is 24.6 Å². The Morgan fingerprint density at radius 2 is 1.80 bits per heavy atom. The molecule has 2 rings (SSSR count). The molecule has 1 N–H and O–H groups in total. The van der Waals surface area contributed by atoms with E-state index >= 15 is 0 Å². The van der Waals surface area contributed by atoms with E-state index in [1.807, 2.05) is 0 Å². The second-order valence-corrected chi connectivity index (χ2v) is 6.70. The Hall–Kier alpha value is -2.59. The van der Waals surface area contributed by atoms with Crippen molar-refractivity contribution < 1.29 is 26.9 Å². The molecule has 2 aromatic carbocycles. The van der Waals surface area contributed by atoms with Crippen LogP contribution in [0.1, 0.15) is 18.5 Å². The first-order valence-electron chi connectivity index (χ1n) is 7.01. The largest absolute Gasteiger partial charge is 0.435 e. The fourth-order valence-electron chi connectivity index (χ4n) is 2.15. The van der Waals surface area contributed by atoms with Gasteiger partial charge in [-0.3, -0.25) is 10.1 Å². The zero-order valence-electron chi connectivity index (χ0n) is 12.9. The summed E-state index contributed by atoms with van der Waals surface area (Å²) in [6.07, 6.45) is 0. The van der Waals surface area contributed by atoms with Crippen molar-refractivity contribution in [3.05, 3.63) is 64.2 Å². The number of nitrogens with zero attached hydrogens (tertiary/aromatic N) is 1. The minimum atomic E-state index is -4.26. The van der Waals surface area contributed by atoms with Crippen molar-refractivity contribution in [1.29, 1.82) is 0 Å². The van der Waals surface area contributed by atoms with Crippen LogP contribution in [0.25, 0.3) is 0 Å². The van der Waals surface area contributed by atoms with Gasteiger partial charge in [0.25, 0.3) is 5.69 Å². The van der Waals surface area contributed by atoms with Crippen molar-refractivity contribution in [1.82, 2.24) is 4.72 Å². The molecular formula is C15H14F2N2O5S. The van der Waals surface area contributed by atoms with Gasteiger partial charge >= 0.3 is 6.61 Å². The van der Waals surface area contributed by atoms with E-state index in [2.05, 4.69) is 9.46 Å². The molecule has 0 fully saturated rings. The van der Waals surface area contributed by atoms with Crippen molar-refractivity contribution >= 4 is 15.7 Å². The number of nitrogens with one attached hydrogen (secondary N) is 1. The van der Waals surface area contributed by atoms with Gasteiger partial charge in [0, 0.05) is 6.04 Å². The maximum Gasteiger partial charge on any atom is 0.387 e. The molecule has 7 nitrogen and oxygen atoms in total. The highest BCUT2D eigenvalue weighted by atomic mass is 32.2. The lowest BCUT2D eigenvalue weighted by Gasteiger charge is -2.15. The van der Waals surface area contributed by atoms with Crippen LogP contribution >= 0.6 is 0 Å². The van der Waals surface area contributed by atoms with Crippen molar-refractivity contribution in [2.45, 2.75) is 24.5 Å². The normalized spacial score (nSPS) is 12.8. The summed E-state index contributed by atoms with van der Waals surface area (Å²) in [5, 5.41) is 11.1. The van der Waals surface area contributed by atoms with Gasteiger partial charge in [0.05, 0.1) is 11.0 Å². The molecular weight excluding hydrogens is 358 g/mol. The van der Waals surface area contributed by atoms with Gasteiger partial charge in [-0.1, -0.05) is 30.3 Å². The maximum absolute atomic E-state index is 12.5. The number of hydrogen-bond donors (Lipinski definition) is 1. The van der Waals surface area contributed by atoms with Gasteiger partial charge in [-0.2, -0.15) is 8.78 Å². The summed E-state index contributed by atoms with van der Waals surface area (Å²) >= 11 is 0. The molecule has 0 aromatic heterocycles. The van der Waals surface area contributed by atoms with Gasteiger partial charge in [0.2, 0.25) is 10.0 Å². The van der Waals surface area contributed by atoms with Gasteiger partial charge in [-0.15, -0.1) is 0 Å². The number of halogens is 2. The molecule has 0 saturated carbocycles. The third-order valence-corrected chi connectivity index (χ3v) is 4.86. The first-order chi connectivity index (χ1) is 11.7. The van der Waals surface area contributed by atoms with E-state index < -0.39 is 43.9 Å². The molecule has 1 atom stereocenters. The van der Waals surface area contributed by atoms with E-state index in [1.165, 1.54) is 0 Å². The van der Waals surface area contributed by atoms with Crippen LogP contribution in [0.2, 0.25) is 0 Å². The maximum atomic E-state index is 12.5. The number of nitro benzene ring substituents is 1. The Labute approximate surface area is 142 Å². The van der Waals surface area contributed by atoms with Crippen LogP contribution in [0.5, 0.6) is 5.75 Å². The Bertz CT molecular complexity index is 859. The van der Waals surface area contributed by atoms with Crippen molar-refractivity contribution in [2.75, 3.05) is 0 Å². The summed E-state index contributed by atoms with van der Waals surface area (Å²) in [5.74, 6) is -0.503. The highest BCUT2D eigenvalue weighted by Gasteiger charge is 2.28. The quantitative estimate of drug-likeness (QED) is 0.594. The molecule has 0 heterocycles. The minimum absolute atomic E-state index is 0.503. The zero-order valence-corrected chi connectivity index (χ0v) is 13.7. The fourth-order valence-corrected chi connectivity index (χ4v) is 3.53. The molecule has 0 bridgehead atoms. The molecule has 0 unspecified atom stereocenters. The third kappa shape index (κ3) is 4.70. The van der Waals surface area contributed by atoms with E-state index in [4.69, 9.17) is 0 Å². The summed E-state index contributed by atoms with van der Waals surface area (Å²) in [4.78, 5) is 9.52. The summed E-state index contributed by atoms with van der Waals surface area (Å²) in [6.45, 7) is -1.61. The van der Waals surface area contributed by atoms with Crippen LogP contribution in [0.3, 0.4) is 0 Å². The average molecular weight is 372 g/mol. The van der Waals surface area contributed by atoms with Crippen LogP contribution in [0.4, 0.5) is 14.5 Å². The summed E-state index contributed by atoms with van der Waals surface area (Å²) < 4.78 is 55.8. The molecule has 134 valence electrons. The van der Waals surface area contributed by atoms with Crippen LogP contribution in [-0.4, -0.2) is 20.0 Å². The Balaban J connectivity index is 2.36. The number of sulfonamides is 1. The first kappa shape index (κ1) is 18.7.